The van der Waals surface area contributed by atoms with Gasteiger partial charge in [-0.05, 0) is 48.0 Å². The molecule has 0 saturated heterocycles. The van der Waals surface area contributed by atoms with Gasteiger partial charge in [-0.3, -0.25) is 9.59 Å². The molecule has 0 aromatic heterocycles. The molecule has 28 heavy (non-hydrogen) atoms. The fourth-order valence-electron chi connectivity index (χ4n) is 3.01. The van der Waals surface area contributed by atoms with Gasteiger partial charge in [0, 0.05) is 5.02 Å². The summed E-state index contributed by atoms with van der Waals surface area (Å²) in [5.41, 5.74) is 2.08. The maximum Gasteiger partial charge on any atom is 0.338 e. The van der Waals surface area contributed by atoms with E-state index in [1.54, 1.807) is 66.7 Å². The summed E-state index contributed by atoms with van der Waals surface area (Å²) in [6.07, 6.45) is 0. The number of carbonyl (C=O) groups is 3. The molecule has 1 aliphatic rings. The number of halogens is 1. The Morgan fingerprint density at radius 1 is 0.857 bits per heavy atom. The second kappa shape index (κ2) is 7.29. The lowest BCUT2D eigenvalue weighted by atomic mass is 10.1. The minimum Gasteiger partial charge on any atom is -0.457 e. The Labute approximate surface area is 166 Å². The predicted octanol–water partition coefficient (Wildman–Crippen LogP) is 4.50. The highest BCUT2D eigenvalue weighted by Crippen LogP contribution is 2.28. The quantitative estimate of drug-likeness (QED) is 0.485. The number of hydrogen-bond acceptors (Lipinski definition) is 4. The number of nitrogens with zero attached hydrogens (tertiary/aromatic N) is 1. The maximum absolute atomic E-state index is 12.6. The topological polar surface area (TPSA) is 63.7 Å². The summed E-state index contributed by atoms with van der Waals surface area (Å²) >= 11 is 5.84. The molecule has 0 radical (unpaired) electrons. The lowest BCUT2D eigenvalue weighted by Crippen LogP contribution is -2.29. The third kappa shape index (κ3) is 3.28. The van der Waals surface area contributed by atoms with Gasteiger partial charge in [-0.15, -0.1) is 0 Å². The second-order valence-electron chi connectivity index (χ2n) is 6.24. The first-order valence-corrected chi connectivity index (χ1v) is 8.92. The second-order valence-corrected chi connectivity index (χ2v) is 6.68. The summed E-state index contributed by atoms with van der Waals surface area (Å²) in [5, 5.41) is 0.601. The molecule has 0 atom stereocenters. The van der Waals surface area contributed by atoms with Crippen molar-refractivity contribution in [3.05, 3.63) is 100 Å². The molecule has 3 aromatic rings. The van der Waals surface area contributed by atoms with Crippen LogP contribution in [0.1, 0.15) is 36.6 Å². The molecule has 0 aliphatic carbocycles. The number of hydrogen-bond donors (Lipinski definition) is 0. The van der Waals surface area contributed by atoms with E-state index in [2.05, 4.69) is 0 Å². The van der Waals surface area contributed by atoms with Crippen LogP contribution >= 0.6 is 11.6 Å². The van der Waals surface area contributed by atoms with Gasteiger partial charge in [0.1, 0.15) is 6.61 Å². The smallest absolute Gasteiger partial charge is 0.338 e. The molecule has 1 heterocycles. The van der Waals surface area contributed by atoms with Crippen LogP contribution in [0, 0.1) is 0 Å². The van der Waals surface area contributed by atoms with Gasteiger partial charge in [0.15, 0.2) is 0 Å². The van der Waals surface area contributed by atoms with Crippen LogP contribution in [-0.2, 0) is 11.3 Å². The zero-order valence-electron chi connectivity index (χ0n) is 14.6. The molecule has 2 amide bonds. The number of carbonyl (C=O) groups excluding carboxylic acids is 3. The van der Waals surface area contributed by atoms with Crippen molar-refractivity contribution in [2.24, 2.45) is 0 Å². The summed E-state index contributed by atoms with van der Waals surface area (Å²) in [4.78, 5) is 38.7. The Kier molecular flexibility index (Phi) is 4.67. The highest BCUT2D eigenvalue weighted by atomic mass is 35.5. The first-order valence-electron chi connectivity index (χ1n) is 8.54. The number of ether oxygens (including phenoxy) is 1. The normalized spacial score (nSPS) is 12.8. The van der Waals surface area contributed by atoms with Crippen LogP contribution in [0.5, 0.6) is 0 Å². The van der Waals surface area contributed by atoms with Crippen molar-refractivity contribution in [3.8, 4) is 0 Å². The lowest BCUT2D eigenvalue weighted by molar-refractivity contribution is 0.0472. The summed E-state index contributed by atoms with van der Waals surface area (Å²) in [5.74, 6) is -1.37. The van der Waals surface area contributed by atoms with Crippen molar-refractivity contribution >= 4 is 35.1 Å². The number of rotatable bonds is 4. The van der Waals surface area contributed by atoms with Gasteiger partial charge < -0.3 is 4.74 Å². The van der Waals surface area contributed by atoms with Gasteiger partial charge in [-0.2, -0.15) is 0 Å². The van der Waals surface area contributed by atoms with Crippen LogP contribution in [0.4, 0.5) is 5.69 Å². The van der Waals surface area contributed by atoms with Gasteiger partial charge in [-0.1, -0.05) is 41.9 Å². The van der Waals surface area contributed by atoms with Crippen molar-refractivity contribution in [2.45, 2.75) is 6.61 Å². The number of imide groups is 1. The third-order valence-corrected chi connectivity index (χ3v) is 4.67. The number of esters is 1. The van der Waals surface area contributed by atoms with Gasteiger partial charge >= 0.3 is 5.97 Å². The Morgan fingerprint density at radius 2 is 1.50 bits per heavy atom. The fourth-order valence-corrected chi connectivity index (χ4v) is 3.13. The number of anilines is 1. The van der Waals surface area contributed by atoms with E-state index in [0.29, 0.717) is 21.8 Å². The molecule has 1 aliphatic heterocycles. The van der Waals surface area contributed by atoms with Crippen molar-refractivity contribution in [1.82, 2.24) is 0 Å². The van der Waals surface area contributed by atoms with E-state index in [1.807, 2.05) is 0 Å². The maximum atomic E-state index is 12.6. The number of amides is 2. The monoisotopic (exact) mass is 391 g/mol. The highest BCUT2D eigenvalue weighted by molar-refractivity contribution is 6.34. The van der Waals surface area contributed by atoms with Crippen LogP contribution in [0.25, 0.3) is 0 Å². The zero-order chi connectivity index (χ0) is 19.7. The molecule has 138 valence electrons. The standard InChI is InChI=1S/C22H14ClNO4/c23-16-10-8-14(9-11-16)13-28-22(27)15-4-3-5-17(12-15)24-20(25)18-6-1-2-7-19(18)21(24)26/h1-12H,13H2. The van der Waals surface area contributed by atoms with Crippen LogP contribution in [-0.4, -0.2) is 17.8 Å². The highest BCUT2D eigenvalue weighted by Gasteiger charge is 2.36. The Bertz CT molecular complexity index is 1060. The van der Waals surface area contributed by atoms with E-state index < -0.39 is 17.8 Å². The van der Waals surface area contributed by atoms with Crippen molar-refractivity contribution in [2.75, 3.05) is 4.90 Å². The summed E-state index contributed by atoms with van der Waals surface area (Å²) in [6.45, 7) is 0.0905. The van der Waals surface area contributed by atoms with Crippen molar-refractivity contribution in [1.29, 1.82) is 0 Å². The molecule has 0 saturated carbocycles. The van der Waals surface area contributed by atoms with Gasteiger partial charge in [0.05, 0.1) is 22.4 Å². The van der Waals surface area contributed by atoms with Crippen LogP contribution in [0.15, 0.2) is 72.8 Å². The molecule has 0 fully saturated rings. The van der Waals surface area contributed by atoms with E-state index in [1.165, 1.54) is 6.07 Å². The SMILES string of the molecule is O=C(OCc1ccc(Cl)cc1)c1cccc(N2C(=O)c3ccccc3C2=O)c1. The zero-order valence-corrected chi connectivity index (χ0v) is 15.3. The Morgan fingerprint density at radius 3 is 2.14 bits per heavy atom. The molecular formula is C22H14ClNO4. The minimum absolute atomic E-state index is 0.0905. The van der Waals surface area contributed by atoms with E-state index >= 15 is 0 Å². The largest absolute Gasteiger partial charge is 0.457 e. The first-order chi connectivity index (χ1) is 13.5. The van der Waals surface area contributed by atoms with E-state index in [-0.39, 0.29) is 12.2 Å². The predicted molar refractivity (Wildman–Crippen MR) is 105 cm³/mol. The molecule has 0 unspecified atom stereocenters. The molecule has 0 spiro atoms. The summed E-state index contributed by atoms with van der Waals surface area (Å²) < 4.78 is 5.32. The molecule has 0 N–H and O–H groups in total. The average Bonchev–Trinajstić information content (AvgIpc) is 2.98. The van der Waals surface area contributed by atoms with E-state index in [4.69, 9.17) is 16.3 Å². The Balaban J connectivity index is 1.53. The van der Waals surface area contributed by atoms with Crippen molar-refractivity contribution < 1.29 is 19.1 Å². The van der Waals surface area contributed by atoms with E-state index in [9.17, 15) is 14.4 Å². The molecule has 4 rings (SSSR count). The lowest BCUT2D eigenvalue weighted by Gasteiger charge is -2.15. The number of benzene rings is 3. The van der Waals surface area contributed by atoms with Crippen LogP contribution in [0.2, 0.25) is 5.02 Å². The van der Waals surface area contributed by atoms with Crippen molar-refractivity contribution in [3.63, 3.8) is 0 Å². The number of fused-ring (bicyclic) bond motifs is 1. The summed E-state index contributed by atoms with van der Waals surface area (Å²) in [6, 6.07) is 19.9. The first kappa shape index (κ1) is 17.9. The average molecular weight is 392 g/mol. The summed E-state index contributed by atoms with van der Waals surface area (Å²) in [7, 11) is 0. The van der Waals surface area contributed by atoms with Crippen LogP contribution < -0.4 is 4.90 Å². The van der Waals surface area contributed by atoms with Gasteiger partial charge in [0.2, 0.25) is 0 Å². The molecular weight excluding hydrogens is 378 g/mol. The van der Waals surface area contributed by atoms with Gasteiger partial charge in [-0.25, -0.2) is 9.69 Å². The molecule has 6 heteroatoms. The fraction of sp³-hybridized carbons (Fsp3) is 0.0455. The molecule has 3 aromatic carbocycles. The van der Waals surface area contributed by atoms with Gasteiger partial charge in [0.25, 0.3) is 11.8 Å². The molecule has 0 bridgehead atoms. The van der Waals surface area contributed by atoms with Crippen LogP contribution in [0.3, 0.4) is 0 Å². The third-order valence-electron chi connectivity index (χ3n) is 4.42. The Hall–Kier alpha value is -3.44. The van der Waals surface area contributed by atoms with E-state index in [0.717, 1.165) is 10.5 Å². The molecule has 5 nitrogen and oxygen atoms in total. The minimum atomic E-state index is -0.548.